The Balaban J connectivity index is 1.83. The van der Waals surface area contributed by atoms with Crippen LogP contribution in [-0.4, -0.2) is 19.3 Å². The maximum absolute atomic E-state index is 12.5. The molecule has 0 saturated carbocycles. The number of rotatable bonds is 6. The standard InChI is InChI=1S/C19H14N2O6S/c22-19(27-15-12-10-14(11-13-15)21(23)24)17-8-4-5-9-18(17)20-28(25,26)16-6-2-1-3-7-16/h1-13,20H. The first-order valence-electron chi connectivity index (χ1n) is 8.00. The van der Waals surface area contributed by atoms with E-state index in [-0.39, 0.29) is 27.6 Å². The number of carbonyl (C=O) groups excluding carboxylic acids is 1. The normalized spacial score (nSPS) is 10.9. The van der Waals surface area contributed by atoms with Gasteiger partial charge in [-0.25, -0.2) is 13.2 Å². The molecule has 1 N–H and O–H groups in total. The zero-order valence-corrected chi connectivity index (χ0v) is 15.1. The summed E-state index contributed by atoms with van der Waals surface area (Å²) in [4.78, 5) is 22.6. The number of non-ortho nitro benzene ring substituents is 1. The number of esters is 1. The van der Waals surface area contributed by atoms with E-state index in [0.717, 1.165) is 0 Å². The number of ether oxygens (including phenoxy) is 1. The summed E-state index contributed by atoms with van der Waals surface area (Å²) in [7, 11) is -3.89. The van der Waals surface area contributed by atoms with E-state index in [0.29, 0.717) is 0 Å². The molecule has 0 aliphatic carbocycles. The predicted octanol–water partition coefficient (Wildman–Crippen LogP) is 3.61. The second-order valence-electron chi connectivity index (χ2n) is 5.60. The Morgan fingerprint density at radius 2 is 1.50 bits per heavy atom. The summed E-state index contributed by atoms with van der Waals surface area (Å²) in [6.45, 7) is 0. The molecule has 3 aromatic carbocycles. The Kier molecular flexibility index (Phi) is 5.37. The lowest BCUT2D eigenvalue weighted by atomic mass is 10.2. The lowest BCUT2D eigenvalue weighted by Gasteiger charge is -2.12. The van der Waals surface area contributed by atoms with E-state index in [4.69, 9.17) is 4.74 Å². The van der Waals surface area contributed by atoms with Gasteiger partial charge in [0.1, 0.15) is 5.75 Å². The highest BCUT2D eigenvalue weighted by atomic mass is 32.2. The van der Waals surface area contributed by atoms with Crippen molar-refractivity contribution in [2.45, 2.75) is 4.90 Å². The lowest BCUT2D eigenvalue weighted by Crippen LogP contribution is -2.17. The SMILES string of the molecule is O=C(Oc1ccc([N+](=O)[O-])cc1)c1ccccc1NS(=O)(=O)c1ccccc1. The molecule has 0 aliphatic rings. The fourth-order valence-electron chi connectivity index (χ4n) is 2.35. The van der Waals surface area contributed by atoms with Crippen LogP contribution < -0.4 is 9.46 Å². The molecule has 3 rings (SSSR count). The molecule has 0 saturated heterocycles. The van der Waals surface area contributed by atoms with E-state index in [2.05, 4.69) is 4.72 Å². The smallest absolute Gasteiger partial charge is 0.345 e. The van der Waals surface area contributed by atoms with Crippen molar-refractivity contribution in [1.29, 1.82) is 0 Å². The Bertz CT molecular complexity index is 1110. The molecule has 0 spiro atoms. The van der Waals surface area contributed by atoms with Crippen molar-refractivity contribution in [3.8, 4) is 5.75 Å². The highest BCUT2D eigenvalue weighted by Gasteiger charge is 2.19. The van der Waals surface area contributed by atoms with Crippen molar-refractivity contribution in [1.82, 2.24) is 0 Å². The molecule has 0 aromatic heterocycles. The number of nitrogens with zero attached hydrogens (tertiary/aromatic N) is 1. The average molecular weight is 398 g/mol. The van der Waals surface area contributed by atoms with Gasteiger partial charge in [-0.15, -0.1) is 0 Å². The summed E-state index contributed by atoms with van der Waals surface area (Å²) in [5.74, 6) is -0.712. The molecule has 142 valence electrons. The number of sulfonamides is 1. The minimum absolute atomic E-state index is 0.000332. The molecular weight excluding hydrogens is 384 g/mol. The third kappa shape index (κ3) is 4.33. The highest BCUT2D eigenvalue weighted by molar-refractivity contribution is 7.92. The highest BCUT2D eigenvalue weighted by Crippen LogP contribution is 2.23. The van der Waals surface area contributed by atoms with E-state index < -0.39 is 20.9 Å². The molecule has 3 aromatic rings. The third-order valence-electron chi connectivity index (χ3n) is 3.70. The summed E-state index contributed by atoms with van der Waals surface area (Å²) >= 11 is 0. The van der Waals surface area contributed by atoms with Gasteiger partial charge < -0.3 is 4.74 Å². The zero-order chi connectivity index (χ0) is 20.1. The summed E-state index contributed by atoms with van der Waals surface area (Å²) < 4.78 is 32.6. The molecule has 9 heteroatoms. The van der Waals surface area contributed by atoms with Crippen LogP contribution in [0.4, 0.5) is 11.4 Å². The van der Waals surface area contributed by atoms with Crippen molar-refractivity contribution < 1.29 is 22.9 Å². The lowest BCUT2D eigenvalue weighted by molar-refractivity contribution is -0.384. The summed E-state index contributed by atoms with van der Waals surface area (Å²) in [6, 6.07) is 18.7. The van der Waals surface area contributed by atoms with Gasteiger partial charge in [-0.05, 0) is 36.4 Å². The predicted molar refractivity (Wildman–Crippen MR) is 102 cm³/mol. The molecule has 0 bridgehead atoms. The first-order valence-corrected chi connectivity index (χ1v) is 9.49. The first-order chi connectivity index (χ1) is 13.4. The molecular formula is C19H14N2O6S. The van der Waals surface area contributed by atoms with Gasteiger partial charge in [-0.2, -0.15) is 0 Å². The molecule has 0 radical (unpaired) electrons. The van der Waals surface area contributed by atoms with Gasteiger partial charge in [0.15, 0.2) is 0 Å². The van der Waals surface area contributed by atoms with Gasteiger partial charge in [0.05, 0.1) is 21.1 Å². The fraction of sp³-hybridized carbons (Fsp3) is 0. The van der Waals surface area contributed by atoms with Crippen molar-refractivity contribution >= 4 is 27.4 Å². The van der Waals surface area contributed by atoms with Crippen molar-refractivity contribution in [2.75, 3.05) is 4.72 Å². The average Bonchev–Trinajstić information content (AvgIpc) is 2.69. The molecule has 0 aliphatic heterocycles. The summed E-state index contributed by atoms with van der Waals surface area (Å²) in [6.07, 6.45) is 0. The number of carbonyl (C=O) groups is 1. The van der Waals surface area contributed by atoms with Crippen LogP contribution in [0.25, 0.3) is 0 Å². The van der Waals surface area contributed by atoms with Crippen molar-refractivity contribution in [3.63, 3.8) is 0 Å². The number of nitro groups is 1. The number of hydrogen-bond acceptors (Lipinski definition) is 6. The fourth-order valence-corrected chi connectivity index (χ4v) is 3.45. The zero-order valence-electron chi connectivity index (χ0n) is 14.3. The largest absolute Gasteiger partial charge is 0.423 e. The minimum Gasteiger partial charge on any atom is -0.423 e. The summed E-state index contributed by atoms with van der Waals surface area (Å²) in [5.41, 5.74) is -0.0885. The molecule has 8 nitrogen and oxygen atoms in total. The van der Waals surface area contributed by atoms with E-state index >= 15 is 0 Å². The van der Waals surface area contributed by atoms with Gasteiger partial charge in [0, 0.05) is 12.1 Å². The number of para-hydroxylation sites is 1. The molecule has 0 fully saturated rings. The van der Waals surface area contributed by atoms with Crippen LogP contribution >= 0.6 is 0 Å². The van der Waals surface area contributed by atoms with Gasteiger partial charge in [-0.1, -0.05) is 30.3 Å². The Hall–Kier alpha value is -3.72. The molecule has 28 heavy (non-hydrogen) atoms. The molecule has 0 atom stereocenters. The van der Waals surface area contributed by atoms with Gasteiger partial charge in [0.2, 0.25) is 0 Å². The third-order valence-corrected chi connectivity index (χ3v) is 5.08. The van der Waals surface area contributed by atoms with E-state index in [1.807, 2.05) is 0 Å². The van der Waals surface area contributed by atoms with Crippen LogP contribution in [0.2, 0.25) is 0 Å². The molecule has 0 heterocycles. The molecule has 0 unspecified atom stereocenters. The number of anilines is 1. The second kappa shape index (κ2) is 7.89. The van der Waals surface area contributed by atoms with Crippen LogP contribution in [0.1, 0.15) is 10.4 Å². The van der Waals surface area contributed by atoms with Crippen LogP contribution in [0.5, 0.6) is 5.75 Å². The minimum atomic E-state index is -3.89. The monoisotopic (exact) mass is 398 g/mol. The Morgan fingerprint density at radius 1 is 0.893 bits per heavy atom. The second-order valence-corrected chi connectivity index (χ2v) is 7.29. The molecule has 0 amide bonds. The Labute approximate surface area is 160 Å². The van der Waals surface area contributed by atoms with Crippen molar-refractivity contribution in [2.24, 2.45) is 0 Å². The van der Waals surface area contributed by atoms with Gasteiger partial charge in [0.25, 0.3) is 15.7 Å². The maximum atomic E-state index is 12.5. The van der Waals surface area contributed by atoms with Gasteiger partial charge in [-0.3, -0.25) is 14.8 Å². The van der Waals surface area contributed by atoms with Crippen LogP contribution in [0.3, 0.4) is 0 Å². The topological polar surface area (TPSA) is 116 Å². The van der Waals surface area contributed by atoms with Crippen LogP contribution in [-0.2, 0) is 10.0 Å². The number of benzene rings is 3. The van der Waals surface area contributed by atoms with Crippen LogP contribution in [0.15, 0.2) is 83.8 Å². The Morgan fingerprint density at radius 3 is 2.14 bits per heavy atom. The van der Waals surface area contributed by atoms with E-state index in [9.17, 15) is 23.3 Å². The number of nitro benzene ring substituents is 1. The first kappa shape index (κ1) is 19.1. The van der Waals surface area contributed by atoms with E-state index in [1.54, 1.807) is 30.3 Å². The van der Waals surface area contributed by atoms with Gasteiger partial charge >= 0.3 is 5.97 Å². The quantitative estimate of drug-likeness (QED) is 0.293. The van der Waals surface area contributed by atoms with Crippen LogP contribution in [0, 0.1) is 10.1 Å². The maximum Gasteiger partial charge on any atom is 0.345 e. The van der Waals surface area contributed by atoms with Crippen molar-refractivity contribution in [3.05, 3.63) is 94.5 Å². The number of hydrogen-bond donors (Lipinski definition) is 1. The summed E-state index contributed by atoms with van der Waals surface area (Å²) in [5, 5.41) is 10.7. The van der Waals surface area contributed by atoms with E-state index in [1.165, 1.54) is 48.5 Å². The number of nitrogens with one attached hydrogen (secondary N) is 1.